The number of amides is 1. The second-order valence-electron chi connectivity index (χ2n) is 10.5. The lowest BCUT2D eigenvalue weighted by Crippen LogP contribution is -2.50. The molecule has 0 saturated carbocycles. The summed E-state index contributed by atoms with van der Waals surface area (Å²) in [6, 6.07) is 11.2. The van der Waals surface area contributed by atoms with Crippen LogP contribution in [0.3, 0.4) is 0 Å². The van der Waals surface area contributed by atoms with Gasteiger partial charge in [-0.3, -0.25) is 14.6 Å². The number of carbonyl (C=O) groups is 2. The van der Waals surface area contributed by atoms with Crippen LogP contribution < -0.4 is 28.3 Å². The van der Waals surface area contributed by atoms with Gasteiger partial charge >= 0.3 is 0 Å². The fourth-order valence-corrected chi connectivity index (χ4v) is 4.83. The van der Waals surface area contributed by atoms with Gasteiger partial charge in [0, 0.05) is 31.7 Å². The van der Waals surface area contributed by atoms with E-state index in [9.17, 15) is 14.7 Å². The third-order valence-corrected chi connectivity index (χ3v) is 7.11. The first-order valence-corrected chi connectivity index (χ1v) is 14.1. The topological polar surface area (TPSA) is 222 Å². The van der Waals surface area contributed by atoms with Crippen LogP contribution in [0.2, 0.25) is 0 Å². The average Bonchev–Trinajstić information content (AvgIpc) is 3.40. The van der Waals surface area contributed by atoms with E-state index in [0.717, 1.165) is 22.3 Å². The Labute approximate surface area is 245 Å². The number of aromatic hydroxyl groups is 1. The molecule has 0 saturated heterocycles. The molecule has 10 N–H and O–H groups in total. The molecule has 3 rings (SSSR count). The minimum Gasteiger partial charge on any atom is -0.508 e. The Morgan fingerprint density at radius 2 is 1.79 bits per heavy atom. The van der Waals surface area contributed by atoms with Gasteiger partial charge in [-0.15, -0.1) is 0 Å². The van der Waals surface area contributed by atoms with Crippen molar-refractivity contribution in [1.29, 1.82) is 0 Å². The van der Waals surface area contributed by atoms with E-state index >= 15 is 0 Å². The molecule has 0 fully saturated rings. The Balaban J connectivity index is 1.82. The van der Waals surface area contributed by atoms with Crippen LogP contribution in [-0.2, 0) is 22.4 Å². The van der Waals surface area contributed by atoms with E-state index in [1.807, 2.05) is 44.2 Å². The van der Waals surface area contributed by atoms with E-state index in [1.54, 1.807) is 12.1 Å². The highest BCUT2D eigenvalue weighted by Crippen LogP contribution is 2.27. The predicted octanol–water partition coefficient (Wildman–Crippen LogP) is 1.48. The van der Waals surface area contributed by atoms with Gasteiger partial charge in [0.05, 0.1) is 12.1 Å². The second kappa shape index (κ2) is 15.6. The Kier molecular flexibility index (Phi) is 12.0. The average molecular weight is 579 g/mol. The van der Waals surface area contributed by atoms with E-state index in [4.69, 9.17) is 27.5 Å². The number of rotatable bonds is 16. The van der Waals surface area contributed by atoms with Gasteiger partial charge in [0.15, 0.2) is 17.6 Å². The smallest absolute Gasteiger partial charge is 0.237 e. The lowest BCUT2D eigenvalue weighted by atomic mass is 9.89. The summed E-state index contributed by atoms with van der Waals surface area (Å²) in [6.45, 7) is 4.31. The number of nitrogens with one attached hydrogen (secondary N) is 1. The number of benzene rings is 2. The first-order chi connectivity index (χ1) is 20.1. The number of phenolic OH excluding ortho intramolecular Hbond substituents is 1. The molecule has 0 bridgehead atoms. The molecule has 3 atom stereocenters. The Morgan fingerprint density at radius 3 is 2.43 bits per heavy atom. The summed E-state index contributed by atoms with van der Waals surface area (Å²) < 4.78 is 5.61. The largest absolute Gasteiger partial charge is 0.508 e. The zero-order valence-corrected chi connectivity index (χ0v) is 24.3. The van der Waals surface area contributed by atoms with Crippen LogP contribution in [-0.4, -0.2) is 58.1 Å². The molecular weight excluding hydrogens is 536 g/mol. The van der Waals surface area contributed by atoms with E-state index < -0.39 is 18.0 Å². The zero-order valence-electron chi connectivity index (χ0n) is 24.3. The monoisotopic (exact) mass is 578 g/mol. The van der Waals surface area contributed by atoms with Crippen LogP contribution in [0.4, 0.5) is 0 Å². The number of hydrogen-bond donors (Lipinski definition) is 6. The predicted molar refractivity (Wildman–Crippen MR) is 161 cm³/mol. The second-order valence-corrected chi connectivity index (χ2v) is 10.5. The van der Waals surface area contributed by atoms with Gasteiger partial charge < -0.3 is 37.9 Å². The number of aromatic nitrogens is 2. The summed E-state index contributed by atoms with van der Waals surface area (Å²) in [6.07, 6.45) is 2.18. The van der Waals surface area contributed by atoms with Crippen molar-refractivity contribution in [2.75, 3.05) is 13.1 Å². The van der Waals surface area contributed by atoms with Gasteiger partial charge in [-0.2, -0.15) is 4.98 Å². The van der Waals surface area contributed by atoms with E-state index in [-0.39, 0.29) is 49.2 Å². The lowest BCUT2D eigenvalue weighted by molar-refractivity contribution is -0.128. The molecule has 3 aromatic rings. The molecule has 0 unspecified atom stereocenters. The molecule has 12 heteroatoms. The number of nitrogens with zero attached hydrogens (tertiary/aromatic N) is 3. The molecule has 0 spiro atoms. The van der Waals surface area contributed by atoms with Crippen LogP contribution in [0.1, 0.15) is 65.6 Å². The minimum absolute atomic E-state index is 0.0529. The molecule has 0 aliphatic heterocycles. The van der Waals surface area contributed by atoms with Gasteiger partial charge in [0.25, 0.3) is 0 Å². The van der Waals surface area contributed by atoms with Crippen molar-refractivity contribution < 1.29 is 19.2 Å². The maximum absolute atomic E-state index is 13.9. The van der Waals surface area contributed by atoms with Crippen molar-refractivity contribution in [1.82, 2.24) is 15.5 Å². The Bertz CT molecular complexity index is 1330. The fraction of sp³-hybridized carbons (Fsp3) is 0.433. The molecule has 0 radical (unpaired) electrons. The number of aliphatic imine (C=N–C) groups is 1. The summed E-state index contributed by atoms with van der Waals surface area (Å²) in [4.78, 5) is 35.4. The van der Waals surface area contributed by atoms with Crippen LogP contribution in [0.25, 0.3) is 0 Å². The molecule has 12 nitrogen and oxygen atoms in total. The molecule has 1 aromatic heterocycles. The summed E-state index contributed by atoms with van der Waals surface area (Å²) >= 11 is 0. The van der Waals surface area contributed by atoms with E-state index in [2.05, 4.69) is 20.4 Å². The number of hydrogen-bond acceptors (Lipinski definition) is 9. The molecule has 1 heterocycles. The number of carbonyl (C=O) groups excluding carboxylic acids is 2. The van der Waals surface area contributed by atoms with Crippen molar-refractivity contribution in [2.24, 2.45) is 27.9 Å². The number of phenols is 1. The van der Waals surface area contributed by atoms with Crippen LogP contribution >= 0.6 is 0 Å². The maximum Gasteiger partial charge on any atom is 0.237 e. The van der Waals surface area contributed by atoms with Gasteiger partial charge in [0.2, 0.25) is 11.8 Å². The molecule has 0 aliphatic rings. The number of guanidine groups is 1. The molecule has 1 amide bonds. The van der Waals surface area contributed by atoms with Crippen LogP contribution in [0, 0.1) is 13.8 Å². The maximum atomic E-state index is 13.9. The van der Waals surface area contributed by atoms with Gasteiger partial charge in [0.1, 0.15) is 5.75 Å². The van der Waals surface area contributed by atoms with Gasteiger partial charge in [-0.05, 0) is 74.0 Å². The van der Waals surface area contributed by atoms with Crippen molar-refractivity contribution >= 4 is 17.6 Å². The van der Waals surface area contributed by atoms with Crippen LogP contribution in [0.5, 0.6) is 5.75 Å². The SMILES string of the molecule is Cc1cc(O)cc(C)c1C[C@H](NC(=O)[C@H](N)CCN=C(N)N)C(=O)C[C@@H](CCCN)c1nc(Cc2ccccc2)no1. The highest BCUT2D eigenvalue weighted by atomic mass is 16.5. The molecular formula is C30H42N8O4. The summed E-state index contributed by atoms with van der Waals surface area (Å²) in [5, 5.41) is 17.0. The highest BCUT2D eigenvalue weighted by molar-refractivity contribution is 5.91. The van der Waals surface area contributed by atoms with Crippen molar-refractivity contribution in [2.45, 2.75) is 70.4 Å². The fourth-order valence-electron chi connectivity index (χ4n) is 4.83. The number of aryl methyl sites for hydroxylation is 2. The minimum atomic E-state index is -0.921. The van der Waals surface area contributed by atoms with Crippen LogP contribution in [0.15, 0.2) is 52.0 Å². The van der Waals surface area contributed by atoms with Crippen molar-refractivity contribution in [3.63, 3.8) is 0 Å². The molecule has 2 aromatic carbocycles. The summed E-state index contributed by atoms with van der Waals surface area (Å²) in [5.74, 6) is -0.161. The first kappa shape index (κ1) is 32.2. The molecule has 0 aliphatic carbocycles. The number of Topliss-reactive ketones (excluding diaryl/α,β-unsaturated/α-hetero) is 1. The summed E-state index contributed by atoms with van der Waals surface area (Å²) in [7, 11) is 0. The standard InChI is InChI=1S/C30H42N8O4/c1-18-13-22(39)14-19(2)23(18)17-25(36-28(41)24(32)10-12-35-30(33)34)26(40)16-21(9-6-11-31)29-37-27(38-42-29)15-20-7-4-3-5-8-20/h3-5,7-8,13-14,21,24-25,39H,6,9-12,15-17,31-32H2,1-2H3,(H,36,41)(H4,33,34,35)/t21-,24-,25+/m1/s1. The van der Waals surface area contributed by atoms with Gasteiger partial charge in [-0.1, -0.05) is 35.5 Å². The molecule has 42 heavy (non-hydrogen) atoms. The van der Waals surface area contributed by atoms with E-state index in [1.165, 1.54) is 0 Å². The highest BCUT2D eigenvalue weighted by Gasteiger charge is 2.30. The number of nitrogens with two attached hydrogens (primary N) is 4. The van der Waals surface area contributed by atoms with Gasteiger partial charge in [-0.25, -0.2) is 0 Å². The Morgan fingerprint density at radius 1 is 1.10 bits per heavy atom. The number of ketones is 1. The Hall–Kier alpha value is -4.29. The van der Waals surface area contributed by atoms with E-state index in [0.29, 0.717) is 37.5 Å². The first-order valence-electron chi connectivity index (χ1n) is 14.1. The quantitative estimate of drug-likeness (QED) is 0.106. The third-order valence-electron chi connectivity index (χ3n) is 7.11. The van der Waals surface area contributed by atoms with Crippen molar-refractivity contribution in [3.8, 4) is 5.75 Å². The normalized spacial score (nSPS) is 13.2. The lowest BCUT2D eigenvalue weighted by Gasteiger charge is -2.23. The molecule has 226 valence electrons. The van der Waals surface area contributed by atoms with Crippen molar-refractivity contribution in [3.05, 3.63) is 76.4 Å². The zero-order chi connectivity index (χ0) is 30.6. The summed E-state index contributed by atoms with van der Waals surface area (Å²) in [5.41, 5.74) is 26.1. The third kappa shape index (κ3) is 9.67.